The van der Waals surface area contributed by atoms with Gasteiger partial charge in [0.15, 0.2) is 0 Å². The Morgan fingerprint density at radius 1 is 0.420 bits per heavy atom. The van der Waals surface area contributed by atoms with Gasteiger partial charge in [0.25, 0.3) is 0 Å². The summed E-state index contributed by atoms with van der Waals surface area (Å²) in [7, 11) is 0. The van der Waals surface area contributed by atoms with Gasteiger partial charge < -0.3 is 13.9 Å². The number of hydrogen-bond donors (Lipinski definition) is 0. The number of para-hydroxylation sites is 3. The lowest BCUT2D eigenvalue weighted by Crippen LogP contribution is -2.11. The van der Waals surface area contributed by atoms with E-state index in [2.05, 4.69) is 173 Å². The van der Waals surface area contributed by atoms with Gasteiger partial charge in [0.2, 0.25) is 0 Å². The molecule has 11 rings (SSSR count). The van der Waals surface area contributed by atoms with Gasteiger partial charge in [-0.1, -0.05) is 97.1 Å². The van der Waals surface area contributed by atoms with Crippen molar-refractivity contribution in [1.29, 1.82) is 0 Å². The number of hydrogen-bond acceptors (Lipinski definition) is 3. The highest BCUT2D eigenvalue weighted by molar-refractivity contribution is 7.26. The van der Waals surface area contributed by atoms with Gasteiger partial charge in [0.05, 0.1) is 33.5 Å². The van der Waals surface area contributed by atoms with Crippen LogP contribution in [0, 0.1) is 0 Å². The fourth-order valence-corrected chi connectivity index (χ4v) is 9.21. The van der Waals surface area contributed by atoms with Crippen LogP contribution < -0.4 is 4.90 Å². The van der Waals surface area contributed by atoms with Crippen LogP contribution >= 0.6 is 11.3 Å². The third kappa shape index (κ3) is 3.91. The van der Waals surface area contributed by atoms with Gasteiger partial charge in [0.1, 0.15) is 11.2 Å². The predicted molar refractivity (Wildman–Crippen MR) is 213 cm³/mol. The molecule has 0 aliphatic carbocycles. The van der Waals surface area contributed by atoms with E-state index in [4.69, 9.17) is 4.42 Å². The number of rotatable bonds is 4. The van der Waals surface area contributed by atoms with E-state index in [1.807, 2.05) is 17.4 Å². The van der Waals surface area contributed by atoms with Crippen molar-refractivity contribution in [2.45, 2.75) is 0 Å². The lowest BCUT2D eigenvalue weighted by atomic mass is 10.0. The molecule has 0 atom stereocenters. The standard InChI is InChI=1S/C46H28N2OS/c1-2-15-31(16-3-1)47-35-19-8-6-17-32(35)44-36(47)20-10-21-37(44)48(38-22-11-25-41-45(38)33-18-7-9-24-40(33)49-41)39-23-12-26-42-46(39)34-27-29-13-4-5-14-30(29)28-43(34)50-42/h1-28H. The van der Waals surface area contributed by atoms with Crippen molar-refractivity contribution >= 4 is 103 Å². The topological polar surface area (TPSA) is 21.3 Å². The van der Waals surface area contributed by atoms with Crippen LogP contribution in [0.25, 0.3) is 80.4 Å². The quantitative estimate of drug-likeness (QED) is 0.188. The number of furan rings is 1. The Morgan fingerprint density at radius 2 is 1.04 bits per heavy atom. The first-order valence-corrected chi connectivity index (χ1v) is 17.8. The van der Waals surface area contributed by atoms with Crippen molar-refractivity contribution in [2.24, 2.45) is 0 Å². The van der Waals surface area contributed by atoms with E-state index in [-0.39, 0.29) is 0 Å². The zero-order chi connectivity index (χ0) is 32.8. The highest BCUT2D eigenvalue weighted by Crippen LogP contribution is 2.51. The molecule has 8 aromatic carbocycles. The van der Waals surface area contributed by atoms with Crippen molar-refractivity contribution in [3.63, 3.8) is 0 Å². The Balaban J connectivity index is 1.32. The van der Waals surface area contributed by atoms with Crippen LogP contribution in [0.1, 0.15) is 0 Å². The molecule has 0 amide bonds. The summed E-state index contributed by atoms with van der Waals surface area (Å²) in [5.74, 6) is 0. The lowest BCUT2D eigenvalue weighted by molar-refractivity contribution is 0.669. The van der Waals surface area contributed by atoms with Crippen molar-refractivity contribution in [2.75, 3.05) is 4.90 Å². The molecule has 0 radical (unpaired) electrons. The van der Waals surface area contributed by atoms with Crippen LogP contribution in [0.5, 0.6) is 0 Å². The van der Waals surface area contributed by atoms with Crippen LogP contribution in [0.15, 0.2) is 174 Å². The molecule has 0 saturated heterocycles. The number of nitrogens with zero attached hydrogens (tertiary/aromatic N) is 2. The van der Waals surface area contributed by atoms with E-state index < -0.39 is 0 Å². The second-order valence-electron chi connectivity index (χ2n) is 12.9. The molecule has 0 saturated carbocycles. The average Bonchev–Trinajstić information content (AvgIpc) is 3.84. The van der Waals surface area contributed by atoms with E-state index >= 15 is 0 Å². The van der Waals surface area contributed by atoms with Crippen molar-refractivity contribution in [3.8, 4) is 5.69 Å². The average molecular weight is 657 g/mol. The van der Waals surface area contributed by atoms with Crippen molar-refractivity contribution in [3.05, 3.63) is 170 Å². The maximum absolute atomic E-state index is 6.50. The molecule has 0 aliphatic heterocycles. The second kappa shape index (κ2) is 10.6. The molecule has 11 aromatic rings. The van der Waals surface area contributed by atoms with Crippen LogP contribution in [-0.4, -0.2) is 4.57 Å². The lowest BCUT2D eigenvalue weighted by Gasteiger charge is -2.28. The van der Waals surface area contributed by atoms with Gasteiger partial charge in [-0.25, -0.2) is 0 Å². The Bertz CT molecular complexity index is 3110. The summed E-state index contributed by atoms with van der Waals surface area (Å²) in [5, 5.41) is 9.67. The first kappa shape index (κ1) is 27.6. The summed E-state index contributed by atoms with van der Waals surface area (Å²) in [6, 6.07) is 61.3. The van der Waals surface area contributed by atoms with Gasteiger partial charge in [0, 0.05) is 42.0 Å². The minimum Gasteiger partial charge on any atom is -0.456 e. The number of fused-ring (bicyclic) bond motifs is 10. The molecule has 0 bridgehead atoms. The molecular weight excluding hydrogens is 629 g/mol. The molecule has 0 aliphatic rings. The van der Waals surface area contributed by atoms with Crippen LogP contribution in [0.2, 0.25) is 0 Å². The molecular formula is C46H28N2OS. The van der Waals surface area contributed by atoms with Gasteiger partial charge in [-0.05, 0) is 83.6 Å². The van der Waals surface area contributed by atoms with E-state index in [9.17, 15) is 0 Å². The van der Waals surface area contributed by atoms with Crippen LogP contribution in [0.3, 0.4) is 0 Å². The van der Waals surface area contributed by atoms with E-state index in [1.165, 1.54) is 47.2 Å². The van der Waals surface area contributed by atoms with E-state index in [1.54, 1.807) is 0 Å². The molecule has 0 unspecified atom stereocenters. The summed E-state index contributed by atoms with van der Waals surface area (Å²) in [6.07, 6.45) is 0. The Hall–Kier alpha value is -6.36. The summed E-state index contributed by atoms with van der Waals surface area (Å²) < 4.78 is 11.4. The highest BCUT2D eigenvalue weighted by atomic mass is 32.1. The first-order valence-electron chi connectivity index (χ1n) is 16.9. The van der Waals surface area contributed by atoms with Crippen molar-refractivity contribution in [1.82, 2.24) is 4.57 Å². The number of aromatic nitrogens is 1. The molecule has 3 nitrogen and oxygen atoms in total. The van der Waals surface area contributed by atoms with Crippen LogP contribution in [-0.2, 0) is 0 Å². The molecule has 3 heterocycles. The van der Waals surface area contributed by atoms with E-state index in [0.29, 0.717) is 0 Å². The Kier molecular flexibility index (Phi) is 5.83. The van der Waals surface area contributed by atoms with E-state index in [0.717, 1.165) is 50.2 Å². The summed E-state index contributed by atoms with van der Waals surface area (Å²) in [4.78, 5) is 2.50. The number of thiophene rings is 1. The molecule has 50 heavy (non-hydrogen) atoms. The second-order valence-corrected chi connectivity index (χ2v) is 14.0. The van der Waals surface area contributed by atoms with Gasteiger partial charge >= 0.3 is 0 Å². The van der Waals surface area contributed by atoms with Gasteiger partial charge in [-0.3, -0.25) is 0 Å². The summed E-state index contributed by atoms with van der Waals surface area (Å²) in [6.45, 7) is 0. The fraction of sp³-hybridized carbons (Fsp3) is 0. The summed E-state index contributed by atoms with van der Waals surface area (Å²) >= 11 is 1.86. The monoisotopic (exact) mass is 656 g/mol. The number of anilines is 3. The number of benzene rings is 8. The third-order valence-corrected chi connectivity index (χ3v) is 11.3. The maximum Gasteiger partial charge on any atom is 0.137 e. The highest BCUT2D eigenvalue weighted by Gasteiger charge is 2.26. The molecule has 3 aromatic heterocycles. The first-order chi connectivity index (χ1) is 24.8. The third-order valence-electron chi connectivity index (χ3n) is 10.1. The van der Waals surface area contributed by atoms with Gasteiger partial charge in [-0.2, -0.15) is 0 Å². The zero-order valence-electron chi connectivity index (χ0n) is 26.9. The maximum atomic E-state index is 6.50. The normalized spacial score (nSPS) is 12.0. The Labute approximate surface area is 291 Å². The summed E-state index contributed by atoms with van der Waals surface area (Å²) in [5.41, 5.74) is 8.61. The molecule has 234 valence electrons. The van der Waals surface area contributed by atoms with Crippen molar-refractivity contribution < 1.29 is 4.42 Å². The smallest absolute Gasteiger partial charge is 0.137 e. The minimum absolute atomic E-state index is 0.876. The van der Waals surface area contributed by atoms with Crippen LogP contribution in [0.4, 0.5) is 17.1 Å². The molecule has 0 N–H and O–H groups in total. The van der Waals surface area contributed by atoms with Gasteiger partial charge in [-0.15, -0.1) is 11.3 Å². The molecule has 0 fully saturated rings. The largest absolute Gasteiger partial charge is 0.456 e. The predicted octanol–water partition coefficient (Wildman–Crippen LogP) is 13.7. The zero-order valence-corrected chi connectivity index (χ0v) is 27.7. The molecule has 4 heteroatoms. The Morgan fingerprint density at radius 3 is 1.90 bits per heavy atom. The SMILES string of the molecule is c1ccc(-n2c3ccccc3c3c(N(c4cccc5oc6ccccc6c45)c4cccc5sc6cc7ccccc7cc6c45)cccc32)cc1. The molecule has 0 spiro atoms. The fourth-order valence-electron chi connectivity index (χ4n) is 8.05. The minimum atomic E-state index is 0.876.